The quantitative estimate of drug-likeness (QED) is 0.835. The van der Waals surface area contributed by atoms with E-state index in [-0.39, 0.29) is 11.8 Å². The number of benzene rings is 1. The summed E-state index contributed by atoms with van der Waals surface area (Å²) in [5.74, 6) is -1.29. The highest BCUT2D eigenvalue weighted by Crippen LogP contribution is 2.28. The summed E-state index contributed by atoms with van der Waals surface area (Å²) in [5, 5.41) is 9.12. The van der Waals surface area contributed by atoms with Crippen molar-refractivity contribution in [3.63, 3.8) is 0 Å². The van der Waals surface area contributed by atoms with Crippen LogP contribution in [0.4, 0.5) is 5.69 Å². The third-order valence-corrected chi connectivity index (χ3v) is 3.98. The number of carbonyl (C=O) groups excluding carboxylic acids is 1. The number of primary amides is 1. The molecule has 0 spiro atoms. The first-order valence-electron chi connectivity index (χ1n) is 6.72. The van der Waals surface area contributed by atoms with Gasteiger partial charge in [0.05, 0.1) is 0 Å². The molecule has 0 saturated carbocycles. The Kier molecular flexibility index (Phi) is 4.85. The van der Waals surface area contributed by atoms with Gasteiger partial charge in [0.25, 0.3) is 0 Å². The molecule has 0 aliphatic carbocycles. The van der Waals surface area contributed by atoms with Gasteiger partial charge in [-0.1, -0.05) is 17.7 Å². The molecule has 0 atom stereocenters. The minimum absolute atomic E-state index is 0.0468. The first-order valence-corrected chi connectivity index (χ1v) is 7.10. The minimum Gasteiger partial charge on any atom is -0.478 e. The number of hydrogen-bond acceptors (Lipinski definition) is 3. The zero-order valence-electron chi connectivity index (χ0n) is 11.5. The summed E-state index contributed by atoms with van der Waals surface area (Å²) in [6, 6.07) is 5.50. The van der Waals surface area contributed by atoms with Crippen LogP contribution in [0.3, 0.4) is 0 Å². The number of nitrogens with two attached hydrogens (primary N) is 1. The Labute approximate surface area is 128 Å². The smallest absolute Gasteiger partial charge is 0.328 e. The van der Waals surface area contributed by atoms with Crippen LogP contribution in [0.2, 0.25) is 5.02 Å². The molecule has 1 heterocycles. The first-order chi connectivity index (χ1) is 9.97. The number of nitrogens with zero attached hydrogens (tertiary/aromatic N) is 1. The average Bonchev–Trinajstić information content (AvgIpc) is 2.46. The van der Waals surface area contributed by atoms with Gasteiger partial charge in [-0.25, -0.2) is 4.79 Å². The van der Waals surface area contributed by atoms with Gasteiger partial charge in [-0.3, -0.25) is 4.79 Å². The predicted octanol–water partition coefficient (Wildman–Crippen LogP) is 2.14. The van der Waals surface area contributed by atoms with E-state index in [1.165, 1.54) is 6.08 Å². The molecule has 112 valence electrons. The molecule has 1 aliphatic rings. The maximum absolute atomic E-state index is 11.2. The van der Waals surface area contributed by atoms with Gasteiger partial charge in [-0.15, -0.1) is 0 Å². The molecule has 1 aliphatic heterocycles. The van der Waals surface area contributed by atoms with E-state index in [1.54, 1.807) is 6.07 Å². The molecule has 6 heteroatoms. The fourth-order valence-electron chi connectivity index (χ4n) is 2.43. The van der Waals surface area contributed by atoms with Crippen LogP contribution in [0.1, 0.15) is 18.4 Å². The van der Waals surface area contributed by atoms with Crippen LogP contribution in [0.15, 0.2) is 24.3 Å². The Hall–Kier alpha value is -2.01. The van der Waals surface area contributed by atoms with E-state index in [0.717, 1.165) is 37.7 Å². The number of halogens is 1. The van der Waals surface area contributed by atoms with Gasteiger partial charge in [-0.05, 0) is 36.6 Å². The predicted molar refractivity (Wildman–Crippen MR) is 82.3 cm³/mol. The van der Waals surface area contributed by atoms with Crippen molar-refractivity contribution in [2.75, 3.05) is 18.0 Å². The van der Waals surface area contributed by atoms with Crippen molar-refractivity contribution >= 4 is 35.2 Å². The summed E-state index contributed by atoms with van der Waals surface area (Å²) in [5.41, 5.74) is 6.95. The lowest BCUT2D eigenvalue weighted by Crippen LogP contribution is -2.38. The number of amides is 1. The molecule has 1 fully saturated rings. The molecule has 1 amide bonds. The Morgan fingerprint density at radius 2 is 2.00 bits per heavy atom. The van der Waals surface area contributed by atoms with E-state index in [2.05, 4.69) is 4.90 Å². The van der Waals surface area contributed by atoms with Gasteiger partial charge in [-0.2, -0.15) is 0 Å². The van der Waals surface area contributed by atoms with Crippen LogP contribution < -0.4 is 10.6 Å². The third kappa shape index (κ3) is 3.98. The van der Waals surface area contributed by atoms with E-state index in [9.17, 15) is 9.59 Å². The lowest BCUT2D eigenvalue weighted by Gasteiger charge is -2.32. The monoisotopic (exact) mass is 308 g/mol. The van der Waals surface area contributed by atoms with E-state index in [0.29, 0.717) is 10.6 Å². The van der Waals surface area contributed by atoms with Gasteiger partial charge in [0.1, 0.15) is 0 Å². The second-order valence-corrected chi connectivity index (χ2v) is 5.45. The minimum atomic E-state index is -1.01. The first kappa shape index (κ1) is 15.4. The number of anilines is 1. The van der Waals surface area contributed by atoms with E-state index in [1.807, 2.05) is 12.1 Å². The molecule has 1 aromatic rings. The van der Waals surface area contributed by atoms with Crippen LogP contribution in [0, 0.1) is 5.92 Å². The topological polar surface area (TPSA) is 83.6 Å². The van der Waals surface area contributed by atoms with Crippen LogP contribution in [-0.2, 0) is 9.59 Å². The molecular formula is C15H17ClN2O3. The second kappa shape index (κ2) is 6.63. The van der Waals surface area contributed by atoms with Gasteiger partial charge in [0.2, 0.25) is 5.91 Å². The molecular weight excluding hydrogens is 292 g/mol. The highest BCUT2D eigenvalue weighted by atomic mass is 35.5. The zero-order chi connectivity index (χ0) is 15.4. The van der Waals surface area contributed by atoms with Crippen LogP contribution >= 0.6 is 11.6 Å². The van der Waals surface area contributed by atoms with Crippen LogP contribution in [-0.4, -0.2) is 30.1 Å². The standard InChI is InChI=1S/C15H17ClN2O3/c16-13-9-12(3-1-10(13)2-4-14(19)20)18-7-5-11(6-8-18)15(17)21/h1-4,9,11H,5-8H2,(H2,17,21)(H,19,20)/b4-2+. The third-order valence-electron chi connectivity index (χ3n) is 3.65. The lowest BCUT2D eigenvalue weighted by atomic mass is 9.96. The molecule has 3 N–H and O–H groups in total. The van der Waals surface area contributed by atoms with Crippen molar-refractivity contribution in [3.8, 4) is 0 Å². The van der Waals surface area contributed by atoms with Gasteiger partial charge in [0.15, 0.2) is 0 Å². The molecule has 0 unspecified atom stereocenters. The Balaban J connectivity index is 2.07. The van der Waals surface area contributed by atoms with Crippen molar-refractivity contribution < 1.29 is 14.7 Å². The number of piperidine rings is 1. The lowest BCUT2D eigenvalue weighted by molar-refractivity contribution is -0.131. The van der Waals surface area contributed by atoms with E-state index >= 15 is 0 Å². The Morgan fingerprint density at radius 3 is 2.52 bits per heavy atom. The highest BCUT2D eigenvalue weighted by Gasteiger charge is 2.23. The van der Waals surface area contributed by atoms with Gasteiger partial charge >= 0.3 is 5.97 Å². The molecule has 21 heavy (non-hydrogen) atoms. The summed E-state index contributed by atoms with van der Waals surface area (Å²) >= 11 is 6.17. The van der Waals surface area contributed by atoms with Gasteiger partial charge in [0, 0.05) is 35.8 Å². The van der Waals surface area contributed by atoms with Crippen molar-refractivity contribution in [2.45, 2.75) is 12.8 Å². The van der Waals surface area contributed by atoms with Crippen molar-refractivity contribution in [1.29, 1.82) is 0 Å². The SMILES string of the molecule is NC(=O)C1CCN(c2ccc(/C=C/C(=O)O)c(Cl)c2)CC1. The molecule has 2 rings (SSSR count). The van der Waals surface area contributed by atoms with Crippen LogP contribution in [0.25, 0.3) is 6.08 Å². The summed E-state index contributed by atoms with van der Waals surface area (Å²) < 4.78 is 0. The number of carboxylic acids is 1. The Morgan fingerprint density at radius 1 is 1.33 bits per heavy atom. The highest BCUT2D eigenvalue weighted by molar-refractivity contribution is 6.32. The number of carbonyl (C=O) groups is 2. The number of aliphatic carboxylic acids is 1. The largest absolute Gasteiger partial charge is 0.478 e. The fraction of sp³-hybridized carbons (Fsp3) is 0.333. The molecule has 0 bridgehead atoms. The molecule has 1 aromatic carbocycles. The molecule has 0 aromatic heterocycles. The summed E-state index contributed by atoms with van der Waals surface area (Å²) in [7, 11) is 0. The number of carboxylic acid groups (broad SMARTS) is 1. The van der Waals surface area contributed by atoms with E-state index in [4.69, 9.17) is 22.4 Å². The maximum Gasteiger partial charge on any atom is 0.328 e. The Bertz CT molecular complexity index is 578. The summed E-state index contributed by atoms with van der Waals surface area (Å²) in [6.45, 7) is 1.52. The molecule has 5 nitrogen and oxygen atoms in total. The molecule has 0 radical (unpaired) electrons. The summed E-state index contributed by atoms with van der Waals surface area (Å²) in [4.78, 5) is 23.8. The number of rotatable bonds is 4. The number of hydrogen-bond donors (Lipinski definition) is 2. The van der Waals surface area contributed by atoms with Crippen molar-refractivity contribution in [3.05, 3.63) is 34.9 Å². The average molecular weight is 309 g/mol. The maximum atomic E-state index is 11.2. The van der Waals surface area contributed by atoms with E-state index < -0.39 is 5.97 Å². The van der Waals surface area contributed by atoms with Gasteiger partial charge < -0.3 is 15.7 Å². The van der Waals surface area contributed by atoms with Crippen LogP contribution in [0.5, 0.6) is 0 Å². The molecule has 1 saturated heterocycles. The fourth-order valence-corrected chi connectivity index (χ4v) is 2.67. The summed E-state index contributed by atoms with van der Waals surface area (Å²) in [6.07, 6.45) is 4.01. The normalized spacial score (nSPS) is 16.3. The van der Waals surface area contributed by atoms with Crippen molar-refractivity contribution in [1.82, 2.24) is 0 Å². The zero-order valence-corrected chi connectivity index (χ0v) is 12.2. The second-order valence-electron chi connectivity index (χ2n) is 5.04. The van der Waals surface area contributed by atoms with Crippen molar-refractivity contribution in [2.24, 2.45) is 11.7 Å².